The minimum absolute atomic E-state index is 0.221. The van der Waals surface area contributed by atoms with E-state index in [1.54, 1.807) is 14.2 Å². The van der Waals surface area contributed by atoms with Crippen LogP contribution in [-0.2, 0) is 0 Å². The van der Waals surface area contributed by atoms with E-state index in [4.69, 9.17) is 9.47 Å². The Labute approximate surface area is 97.1 Å². The van der Waals surface area contributed by atoms with Crippen LogP contribution in [0.1, 0.15) is 18.5 Å². The number of methoxy groups -OCH3 is 2. The van der Waals surface area contributed by atoms with Gasteiger partial charge in [-0.1, -0.05) is 12.1 Å². The molecule has 1 aromatic carbocycles. The van der Waals surface area contributed by atoms with Gasteiger partial charge in [-0.15, -0.1) is 6.58 Å². The Balaban J connectivity index is 2.89. The Bertz CT molecular complexity index is 350. The molecule has 1 aromatic rings. The average Bonchev–Trinajstić information content (AvgIpc) is 2.34. The van der Waals surface area contributed by atoms with E-state index in [1.165, 1.54) is 0 Å². The Morgan fingerprint density at radius 2 is 2.12 bits per heavy atom. The smallest absolute Gasteiger partial charge is 0.127 e. The molecule has 0 aliphatic heterocycles. The van der Waals surface area contributed by atoms with Crippen molar-refractivity contribution in [3.63, 3.8) is 0 Å². The monoisotopic (exact) mass is 221 g/mol. The van der Waals surface area contributed by atoms with E-state index in [0.29, 0.717) is 0 Å². The Morgan fingerprint density at radius 3 is 2.69 bits per heavy atom. The molecule has 0 aliphatic rings. The summed E-state index contributed by atoms with van der Waals surface area (Å²) in [4.78, 5) is 0. The largest absolute Gasteiger partial charge is 0.497 e. The average molecular weight is 221 g/mol. The fraction of sp³-hybridized carbons (Fsp3) is 0.385. The van der Waals surface area contributed by atoms with Gasteiger partial charge in [0.05, 0.1) is 14.2 Å². The van der Waals surface area contributed by atoms with Gasteiger partial charge in [-0.25, -0.2) is 0 Å². The van der Waals surface area contributed by atoms with Gasteiger partial charge in [0.25, 0.3) is 0 Å². The van der Waals surface area contributed by atoms with Crippen LogP contribution in [0.4, 0.5) is 0 Å². The van der Waals surface area contributed by atoms with Crippen LogP contribution in [0.2, 0.25) is 0 Å². The lowest BCUT2D eigenvalue weighted by atomic mass is 10.1. The van der Waals surface area contributed by atoms with Gasteiger partial charge in [-0.3, -0.25) is 0 Å². The minimum Gasteiger partial charge on any atom is -0.497 e. The number of hydrogen-bond donors (Lipinski definition) is 1. The van der Waals surface area contributed by atoms with Crippen LogP contribution >= 0.6 is 0 Å². The van der Waals surface area contributed by atoms with Crippen molar-refractivity contribution in [1.29, 1.82) is 0 Å². The van der Waals surface area contributed by atoms with Crippen molar-refractivity contribution in [2.24, 2.45) is 0 Å². The predicted octanol–water partition coefficient (Wildman–Crippen LogP) is 2.54. The van der Waals surface area contributed by atoms with E-state index in [2.05, 4.69) is 18.8 Å². The maximum absolute atomic E-state index is 5.34. The number of hydrogen-bond acceptors (Lipinski definition) is 3. The quantitative estimate of drug-likeness (QED) is 0.749. The second-order valence-corrected chi connectivity index (χ2v) is 3.53. The molecule has 0 fully saturated rings. The molecule has 0 radical (unpaired) electrons. The van der Waals surface area contributed by atoms with Gasteiger partial charge in [0.1, 0.15) is 11.5 Å². The van der Waals surface area contributed by atoms with Crippen LogP contribution in [0, 0.1) is 0 Å². The van der Waals surface area contributed by atoms with Crippen LogP contribution in [-0.4, -0.2) is 20.8 Å². The topological polar surface area (TPSA) is 30.5 Å². The highest BCUT2D eigenvalue weighted by Crippen LogP contribution is 2.29. The van der Waals surface area contributed by atoms with Crippen molar-refractivity contribution in [2.75, 3.05) is 20.8 Å². The molecule has 0 aliphatic carbocycles. The van der Waals surface area contributed by atoms with Crippen molar-refractivity contribution in [3.05, 3.63) is 36.4 Å². The van der Waals surface area contributed by atoms with Gasteiger partial charge in [-0.2, -0.15) is 0 Å². The van der Waals surface area contributed by atoms with E-state index in [-0.39, 0.29) is 6.04 Å². The van der Waals surface area contributed by atoms with Gasteiger partial charge in [0.15, 0.2) is 0 Å². The van der Waals surface area contributed by atoms with E-state index in [9.17, 15) is 0 Å². The highest BCUT2D eigenvalue weighted by molar-refractivity contribution is 5.42. The van der Waals surface area contributed by atoms with Crippen LogP contribution in [0.5, 0.6) is 11.5 Å². The molecule has 1 unspecified atom stereocenters. The van der Waals surface area contributed by atoms with Crippen LogP contribution < -0.4 is 14.8 Å². The lowest BCUT2D eigenvalue weighted by molar-refractivity contribution is 0.386. The van der Waals surface area contributed by atoms with E-state index in [0.717, 1.165) is 23.6 Å². The van der Waals surface area contributed by atoms with Crippen molar-refractivity contribution in [3.8, 4) is 11.5 Å². The third kappa shape index (κ3) is 3.00. The highest BCUT2D eigenvalue weighted by atomic mass is 16.5. The number of benzene rings is 1. The summed E-state index contributed by atoms with van der Waals surface area (Å²) in [5.41, 5.74) is 1.12. The van der Waals surface area contributed by atoms with E-state index in [1.807, 2.05) is 24.3 Å². The molecule has 0 bridgehead atoms. The summed E-state index contributed by atoms with van der Waals surface area (Å²) in [7, 11) is 3.31. The van der Waals surface area contributed by atoms with Crippen molar-refractivity contribution in [1.82, 2.24) is 5.32 Å². The zero-order valence-electron chi connectivity index (χ0n) is 10.1. The van der Waals surface area contributed by atoms with Crippen LogP contribution in [0.25, 0.3) is 0 Å². The van der Waals surface area contributed by atoms with Gasteiger partial charge in [0.2, 0.25) is 0 Å². The third-order valence-electron chi connectivity index (χ3n) is 2.48. The molecule has 0 aromatic heterocycles. The van der Waals surface area contributed by atoms with Crippen LogP contribution in [0.15, 0.2) is 30.9 Å². The van der Waals surface area contributed by atoms with Gasteiger partial charge >= 0.3 is 0 Å². The molecule has 0 spiro atoms. The summed E-state index contributed by atoms with van der Waals surface area (Å²) in [6.07, 6.45) is 1.84. The lowest BCUT2D eigenvalue weighted by Crippen LogP contribution is -2.18. The molecule has 0 heterocycles. The van der Waals surface area contributed by atoms with Gasteiger partial charge in [-0.05, 0) is 13.0 Å². The molecule has 0 amide bonds. The highest BCUT2D eigenvalue weighted by Gasteiger charge is 2.11. The summed E-state index contributed by atoms with van der Waals surface area (Å²) in [5.74, 6) is 1.64. The summed E-state index contributed by atoms with van der Waals surface area (Å²) in [6, 6.07) is 6.06. The van der Waals surface area contributed by atoms with Crippen molar-refractivity contribution < 1.29 is 9.47 Å². The molecule has 0 saturated heterocycles. The molecule has 16 heavy (non-hydrogen) atoms. The fourth-order valence-corrected chi connectivity index (χ4v) is 1.55. The molecule has 3 nitrogen and oxygen atoms in total. The minimum atomic E-state index is 0.221. The molecule has 1 atom stereocenters. The summed E-state index contributed by atoms with van der Waals surface area (Å²) in [5, 5.41) is 3.32. The Morgan fingerprint density at radius 1 is 1.38 bits per heavy atom. The Kier molecular flexibility index (Phi) is 4.86. The number of ether oxygens (including phenoxy) is 2. The van der Waals surface area contributed by atoms with Crippen molar-refractivity contribution in [2.45, 2.75) is 13.0 Å². The first-order valence-electron chi connectivity index (χ1n) is 5.29. The maximum atomic E-state index is 5.34. The standard InChI is InChI=1S/C13H19NO2/c1-5-8-14-10(2)12-7-6-11(15-3)9-13(12)16-4/h5-7,9-10,14H,1,8H2,2-4H3. The predicted molar refractivity (Wildman–Crippen MR) is 66.2 cm³/mol. The summed E-state index contributed by atoms with van der Waals surface area (Å²) in [6.45, 7) is 6.55. The molecular formula is C13H19NO2. The molecule has 1 rings (SSSR count). The maximum Gasteiger partial charge on any atom is 0.127 e. The van der Waals surface area contributed by atoms with E-state index >= 15 is 0 Å². The second kappa shape index (κ2) is 6.18. The normalized spacial score (nSPS) is 11.9. The van der Waals surface area contributed by atoms with Gasteiger partial charge < -0.3 is 14.8 Å². The van der Waals surface area contributed by atoms with Gasteiger partial charge in [0, 0.05) is 24.2 Å². The Hall–Kier alpha value is -1.48. The summed E-state index contributed by atoms with van der Waals surface area (Å²) >= 11 is 0. The zero-order chi connectivity index (χ0) is 12.0. The molecule has 3 heteroatoms. The third-order valence-corrected chi connectivity index (χ3v) is 2.48. The number of nitrogens with one attached hydrogen (secondary N) is 1. The zero-order valence-corrected chi connectivity index (χ0v) is 10.1. The molecule has 0 saturated carbocycles. The summed E-state index contributed by atoms with van der Waals surface area (Å²) < 4.78 is 10.5. The first-order chi connectivity index (χ1) is 7.72. The molecule has 1 N–H and O–H groups in total. The van der Waals surface area contributed by atoms with Crippen LogP contribution in [0.3, 0.4) is 0 Å². The number of rotatable bonds is 6. The van der Waals surface area contributed by atoms with E-state index < -0.39 is 0 Å². The lowest BCUT2D eigenvalue weighted by Gasteiger charge is -2.17. The fourth-order valence-electron chi connectivity index (χ4n) is 1.55. The molecule has 88 valence electrons. The second-order valence-electron chi connectivity index (χ2n) is 3.53. The first kappa shape index (κ1) is 12.6. The van der Waals surface area contributed by atoms with Crippen molar-refractivity contribution >= 4 is 0 Å². The molecular weight excluding hydrogens is 202 g/mol. The first-order valence-corrected chi connectivity index (χ1v) is 5.29. The SMILES string of the molecule is C=CCNC(C)c1ccc(OC)cc1OC.